The van der Waals surface area contributed by atoms with Crippen molar-refractivity contribution in [1.82, 2.24) is 0 Å². The molecule has 0 bridgehead atoms. The quantitative estimate of drug-likeness (QED) is 0.202. The Bertz CT molecular complexity index is 1650. The fourth-order valence-corrected chi connectivity index (χ4v) is 4.80. The normalized spacial score (nSPS) is 14.0. The van der Waals surface area contributed by atoms with Crippen LogP contribution in [0.2, 0.25) is 0 Å². The molecule has 0 radical (unpaired) electrons. The van der Waals surface area contributed by atoms with E-state index in [1.54, 1.807) is 18.2 Å². The number of para-hydroxylation sites is 1. The molecule has 4 aromatic carbocycles. The molecule has 41 heavy (non-hydrogen) atoms. The van der Waals surface area contributed by atoms with Crippen molar-refractivity contribution >= 4 is 5.97 Å². The number of fused-ring (bicyclic) bond motifs is 1. The average molecular weight is 547 g/mol. The first-order valence-corrected chi connectivity index (χ1v) is 13.2. The number of benzene rings is 4. The highest BCUT2D eigenvalue weighted by molar-refractivity contribution is 5.74. The van der Waals surface area contributed by atoms with Crippen LogP contribution < -0.4 is 24.7 Å². The van der Waals surface area contributed by atoms with E-state index in [2.05, 4.69) is 6.07 Å². The molecule has 0 amide bonds. The first kappa shape index (κ1) is 27.4. The third-order valence-corrected chi connectivity index (χ3v) is 6.88. The predicted molar refractivity (Wildman–Crippen MR) is 155 cm³/mol. The number of nitriles is 1. The van der Waals surface area contributed by atoms with Gasteiger partial charge in [0.05, 0.1) is 5.92 Å². The van der Waals surface area contributed by atoms with Crippen molar-refractivity contribution in [2.24, 2.45) is 5.73 Å². The Labute approximate surface area is 239 Å². The Morgan fingerprint density at radius 2 is 1.63 bits per heavy atom. The number of allylic oxidation sites excluding steroid dienone is 1. The molecule has 5 rings (SSSR count). The number of rotatable bonds is 8. The van der Waals surface area contributed by atoms with E-state index in [4.69, 9.17) is 24.7 Å². The molecule has 7 nitrogen and oxygen atoms in total. The lowest BCUT2D eigenvalue weighted by Gasteiger charge is -2.27. The molecule has 0 saturated carbocycles. The van der Waals surface area contributed by atoms with Crippen molar-refractivity contribution in [3.8, 4) is 29.1 Å². The van der Waals surface area contributed by atoms with Gasteiger partial charge < -0.3 is 24.7 Å². The van der Waals surface area contributed by atoms with Gasteiger partial charge in [0.25, 0.3) is 0 Å². The van der Waals surface area contributed by atoms with E-state index in [-0.39, 0.29) is 18.2 Å². The summed E-state index contributed by atoms with van der Waals surface area (Å²) >= 11 is 0. The smallest absolute Gasteiger partial charge is 0.349 e. The fourth-order valence-electron chi connectivity index (χ4n) is 4.80. The van der Waals surface area contributed by atoms with E-state index >= 15 is 0 Å². The van der Waals surface area contributed by atoms with Crippen molar-refractivity contribution < 1.29 is 23.7 Å². The monoisotopic (exact) mass is 546 g/mol. The van der Waals surface area contributed by atoms with E-state index in [0.29, 0.717) is 29.4 Å². The number of hydrogen-bond donors (Lipinski definition) is 1. The third-order valence-electron chi connectivity index (χ3n) is 6.88. The van der Waals surface area contributed by atoms with Gasteiger partial charge in [0.15, 0.2) is 6.61 Å². The number of esters is 1. The van der Waals surface area contributed by atoms with Crippen LogP contribution in [0.4, 0.5) is 0 Å². The van der Waals surface area contributed by atoms with Gasteiger partial charge in [-0.05, 0) is 61.2 Å². The maximum atomic E-state index is 12.6. The summed E-state index contributed by atoms with van der Waals surface area (Å²) in [6, 6.07) is 28.7. The minimum atomic E-state index is -0.556. The van der Waals surface area contributed by atoms with Crippen LogP contribution in [0, 0.1) is 32.1 Å². The Balaban J connectivity index is 1.34. The van der Waals surface area contributed by atoms with Gasteiger partial charge in [-0.2, -0.15) is 5.26 Å². The van der Waals surface area contributed by atoms with Gasteiger partial charge in [0.1, 0.15) is 41.2 Å². The van der Waals surface area contributed by atoms with Crippen LogP contribution in [-0.2, 0) is 11.4 Å². The molecule has 1 unspecified atom stereocenters. The summed E-state index contributed by atoms with van der Waals surface area (Å²) < 4.78 is 23.1. The van der Waals surface area contributed by atoms with Crippen LogP contribution in [0.1, 0.15) is 39.3 Å². The minimum absolute atomic E-state index is 0.00202. The second-order valence-electron chi connectivity index (χ2n) is 9.95. The van der Waals surface area contributed by atoms with Gasteiger partial charge in [-0.25, -0.2) is 4.79 Å². The lowest BCUT2D eigenvalue weighted by Crippen LogP contribution is -2.22. The van der Waals surface area contributed by atoms with Crippen LogP contribution in [0.5, 0.6) is 23.0 Å². The van der Waals surface area contributed by atoms with E-state index < -0.39 is 11.9 Å². The highest BCUT2D eigenvalue weighted by Crippen LogP contribution is 2.44. The lowest BCUT2D eigenvalue weighted by molar-refractivity contribution is -0.136. The first-order valence-electron chi connectivity index (χ1n) is 13.2. The zero-order valence-electron chi connectivity index (χ0n) is 23.1. The number of carbonyl (C=O) groups is 1. The van der Waals surface area contributed by atoms with Gasteiger partial charge in [-0.1, -0.05) is 66.2 Å². The van der Waals surface area contributed by atoms with Crippen molar-refractivity contribution in [2.45, 2.75) is 33.3 Å². The second kappa shape index (κ2) is 11.9. The maximum Gasteiger partial charge on any atom is 0.349 e. The third kappa shape index (κ3) is 6.18. The summed E-state index contributed by atoms with van der Waals surface area (Å²) in [5, 5.41) is 9.95. The van der Waals surface area contributed by atoms with Gasteiger partial charge >= 0.3 is 5.97 Å². The predicted octanol–water partition coefficient (Wildman–Crippen LogP) is 6.39. The summed E-state index contributed by atoms with van der Waals surface area (Å²) in [6.07, 6.45) is 0. The molecule has 1 aliphatic heterocycles. The molecule has 0 aliphatic carbocycles. The van der Waals surface area contributed by atoms with Crippen LogP contribution in [0.15, 0.2) is 96.4 Å². The number of hydrogen-bond acceptors (Lipinski definition) is 7. The zero-order chi connectivity index (χ0) is 28.9. The number of ether oxygens (including phenoxy) is 4. The van der Waals surface area contributed by atoms with E-state index in [1.807, 2.05) is 87.5 Å². The highest BCUT2D eigenvalue weighted by atomic mass is 16.6. The van der Waals surface area contributed by atoms with E-state index in [0.717, 1.165) is 27.8 Å². The fraction of sp³-hybridized carbons (Fsp3) is 0.176. The molecule has 4 aromatic rings. The molecule has 0 aromatic heterocycles. The van der Waals surface area contributed by atoms with Gasteiger partial charge in [0.2, 0.25) is 5.88 Å². The topological polar surface area (TPSA) is 104 Å². The standard InChI is InChI=1S/C34H30N2O5/c1-21-10-12-24(13-11-21)19-38-26-9-5-8-25(16-26)32-28-15-14-27(17-30(28)41-34(36)29(32)18-35)40-31(37)20-39-33-22(2)6-4-7-23(33)3/h4-17,32H,19-20,36H2,1-3H3. The summed E-state index contributed by atoms with van der Waals surface area (Å²) in [5.41, 5.74) is 12.1. The number of nitrogens with two attached hydrogens (primary N) is 1. The molecule has 1 heterocycles. The van der Waals surface area contributed by atoms with Crippen molar-refractivity contribution in [3.05, 3.63) is 130 Å². The molecule has 1 aliphatic rings. The molecule has 0 saturated heterocycles. The molecular weight excluding hydrogens is 516 g/mol. The molecule has 0 fully saturated rings. The van der Waals surface area contributed by atoms with Crippen LogP contribution in [-0.4, -0.2) is 12.6 Å². The zero-order valence-corrected chi connectivity index (χ0v) is 23.1. The summed E-state index contributed by atoms with van der Waals surface area (Å²) in [7, 11) is 0. The largest absolute Gasteiger partial charge is 0.489 e. The summed E-state index contributed by atoms with van der Waals surface area (Å²) in [5.74, 6) is 0.968. The van der Waals surface area contributed by atoms with Gasteiger partial charge in [-0.15, -0.1) is 0 Å². The number of carbonyl (C=O) groups excluding carboxylic acids is 1. The van der Waals surface area contributed by atoms with Crippen molar-refractivity contribution in [1.29, 1.82) is 5.26 Å². The van der Waals surface area contributed by atoms with Crippen LogP contribution in [0.25, 0.3) is 0 Å². The Hall–Kier alpha value is -5.22. The maximum absolute atomic E-state index is 12.6. The lowest BCUT2D eigenvalue weighted by atomic mass is 9.83. The van der Waals surface area contributed by atoms with Crippen molar-refractivity contribution in [2.75, 3.05) is 6.61 Å². The molecule has 1 atom stereocenters. The molecule has 206 valence electrons. The second-order valence-corrected chi connectivity index (χ2v) is 9.95. The average Bonchev–Trinajstić information content (AvgIpc) is 2.96. The Morgan fingerprint density at radius 1 is 0.902 bits per heavy atom. The SMILES string of the molecule is Cc1ccc(COc2cccc(C3C(C#N)=C(N)Oc4cc(OC(=O)COc5c(C)cccc5C)ccc43)c2)cc1. The summed E-state index contributed by atoms with van der Waals surface area (Å²) in [4.78, 5) is 12.6. The highest BCUT2D eigenvalue weighted by Gasteiger charge is 2.31. The number of aryl methyl sites for hydroxylation is 3. The molecular formula is C34H30N2O5. The molecule has 7 heteroatoms. The number of nitrogens with zero attached hydrogens (tertiary/aromatic N) is 1. The van der Waals surface area contributed by atoms with Gasteiger partial charge in [-0.3, -0.25) is 0 Å². The summed E-state index contributed by atoms with van der Waals surface area (Å²) in [6.45, 7) is 6.05. The van der Waals surface area contributed by atoms with Crippen LogP contribution in [0.3, 0.4) is 0 Å². The molecule has 2 N–H and O–H groups in total. The van der Waals surface area contributed by atoms with Crippen molar-refractivity contribution in [3.63, 3.8) is 0 Å². The Morgan fingerprint density at radius 3 is 2.37 bits per heavy atom. The van der Waals surface area contributed by atoms with Gasteiger partial charge in [0, 0.05) is 11.6 Å². The first-order chi connectivity index (χ1) is 19.8. The molecule has 0 spiro atoms. The Kier molecular flexibility index (Phi) is 7.93. The van der Waals surface area contributed by atoms with E-state index in [9.17, 15) is 10.1 Å². The minimum Gasteiger partial charge on any atom is -0.489 e. The van der Waals surface area contributed by atoms with E-state index in [1.165, 1.54) is 5.56 Å². The van der Waals surface area contributed by atoms with Crippen LogP contribution >= 0.6 is 0 Å².